The van der Waals surface area contributed by atoms with Crippen LogP contribution < -0.4 is 15.4 Å². The first-order valence-corrected chi connectivity index (χ1v) is 11.4. The molecule has 3 nitrogen and oxygen atoms in total. The second-order valence-electron chi connectivity index (χ2n) is 7.92. The SMILES string of the molecule is CCNSc1ccc(NC2C=CCC3CCC2C3)c(NCc2ccccc2)c1. The average Bonchev–Trinajstić information content (AvgIpc) is 3.11. The smallest absolute Gasteiger partial charge is 0.0590 e. The number of hydrogen-bond donors (Lipinski definition) is 3. The highest BCUT2D eigenvalue weighted by molar-refractivity contribution is 7.97. The molecular formula is C24H31N3S. The first-order chi connectivity index (χ1) is 13.8. The number of nitrogens with one attached hydrogen (secondary N) is 3. The van der Waals surface area contributed by atoms with Crippen molar-refractivity contribution in [3.8, 4) is 0 Å². The Balaban J connectivity index is 1.52. The number of benzene rings is 2. The Morgan fingerprint density at radius 2 is 1.93 bits per heavy atom. The molecule has 0 heterocycles. The Bertz CT molecular complexity index is 790. The van der Waals surface area contributed by atoms with E-state index >= 15 is 0 Å². The lowest BCUT2D eigenvalue weighted by Crippen LogP contribution is -2.25. The summed E-state index contributed by atoms with van der Waals surface area (Å²) in [6.07, 6.45) is 10.2. The van der Waals surface area contributed by atoms with Gasteiger partial charge in [0.15, 0.2) is 0 Å². The third-order valence-corrected chi connectivity index (χ3v) is 6.80. The summed E-state index contributed by atoms with van der Waals surface area (Å²) in [5.74, 6) is 1.67. The highest BCUT2D eigenvalue weighted by Gasteiger charge is 2.31. The molecule has 3 atom stereocenters. The molecular weight excluding hydrogens is 362 g/mol. The van der Waals surface area contributed by atoms with Crippen LogP contribution in [0.25, 0.3) is 0 Å². The van der Waals surface area contributed by atoms with Crippen LogP contribution in [0.15, 0.2) is 65.6 Å². The molecule has 2 bridgehead atoms. The van der Waals surface area contributed by atoms with Gasteiger partial charge in [-0.1, -0.05) is 49.4 Å². The minimum Gasteiger partial charge on any atom is -0.379 e. The van der Waals surface area contributed by atoms with Gasteiger partial charge in [-0.2, -0.15) is 0 Å². The topological polar surface area (TPSA) is 36.1 Å². The summed E-state index contributed by atoms with van der Waals surface area (Å²) in [6.45, 7) is 3.91. The van der Waals surface area contributed by atoms with E-state index in [2.05, 4.69) is 83.0 Å². The zero-order valence-corrected chi connectivity index (χ0v) is 17.5. The molecule has 2 aliphatic carbocycles. The Hall–Kier alpha value is -1.91. The molecule has 4 rings (SSSR count). The Morgan fingerprint density at radius 1 is 1.04 bits per heavy atom. The third kappa shape index (κ3) is 4.92. The van der Waals surface area contributed by atoms with E-state index < -0.39 is 0 Å². The molecule has 1 saturated carbocycles. The number of rotatable bonds is 8. The summed E-state index contributed by atoms with van der Waals surface area (Å²) in [4.78, 5) is 1.24. The molecule has 3 N–H and O–H groups in total. The molecule has 3 unspecified atom stereocenters. The lowest BCUT2D eigenvalue weighted by molar-refractivity contribution is 0.487. The lowest BCUT2D eigenvalue weighted by atomic mass is 9.97. The monoisotopic (exact) mass is 393 g/mol. The van der Waals surface area contributed by atoms with Gasteiger partial charge in [-0.05, 0) is 73.2 Å². The normalized spacial score (nSPS) is 23.4. The maximum Gasteiger partial charge on any atom is 0.0590 e. The van der Waals surface area contributed by atoms with E-state index in [4.69, 9.17) is 0 Å². The van der Waals surface area contributed by atoms with Crippen molar-refractivity contribution in [1.82, 2.24) is 4.72 Å². The van der Waals surface area contributed by atoms with E-state index in [1.807, 2.05) is 0 Å². The quantitative estimate of drug-likeness (QED) is 0.376. The number of hydrogen-bond acceptors (Lipinski definition) is 4. The Kier molecular flexibility index (Phi) is 6.61. The molecule has 0 saturated heterocycles. The fraction of sp³-hybridized carbons (Fsp3) is 0.417. The van der Waals surface area contributed by atoms with Crippen molar-refractivity contribution < 1.29 is 0 Å². The standard InChI is InChI=1S/C24H31N3S/c1-2-26-28-21-13-14-23(24(16-21)25-17-19-7-4-3-5-8-19)27-22-10-6-9-18-11-12-20(22)15-18/h3-8,10,13-14,16,18,20,22,25-27H,2,9,11-12,15,17H2,1H3. The zero-order chi connectivity index (χ0) is 19.2. The van der Waals surface area contributed by atoms with E-state index in [-0.39, 0.29) is 0 Å². The van der Waals surface area contributed by atoms with Gasteiger partial charge in [0.05, 0.1) is 11.4 Å². The Morgan fingerprint density at radius 3 is 2.79 bits per heavy atom. The molecule has 4 heteroatoms. The van der Waals surface area contributed by atoms with Crippen molar-refractivity contribution in [2.75, 3.05) is 17.2 Å². The fourth-order valence-electron chi connectivity index (χ4n) is 4.38. The molecule has 0 radical (unpaired) electrons. The maximum atomic E-state index is 3.86. The predicted octanol–water partition coefficient (Wildman–Crippen LogP) is 6.07. The van der Waals surface area contributed by atoms with Crippen LogP contribution >= 0.6 is 11.9 Å². The van der Waals surface area contributed by atoms with Crippen LogP contribution in [0.4, 0.5) is 11.4 Å². The van der Waals surface area contributed by atoms with Crippen LogP contribution in [-0.2, 0) is 6.54 Å². The fourth-order valence-corrected chi connectivity index (χ4v) is 5.01. The molecule has 28 heavy (non-hydrogen) atoms. The van der Waals surface area contributed by atoms with Crippen molar-refractivity contribution in [2.24, 2.45) is 11.8 Å². The molecule has 2 aliphatic rings. The van der Waals surface area contributed by atoms with Gasteiger partial charge in [-0.25, -0.2) is 0 Å². The third-order valence-electron chi connectivity index (χ3n) is 5.88. The number of fused-ring (bicyclic) bond motifs is 2. The van der Waals surface area contributed by atoms with Crippen molar-refractivity contribution in [3.63, 3.8) is 0 Å². The summed E-state index contributed by atoms with van der Waals surface area (Å²) in [5.41, 5.74) is 3.68. The second kappa shape index (κ2) is 9.53. The maximum absolute atomic E-state index is 3.86. The minimum absolute atomic E-state index is 0.442. The van der Waals surface area contributed by atoms with E-state index in [1.54, 1.807) is 11.9 Å². The first-order valence-electron chi connectivity index (χ1n) is 10.6. The van der Waals surface area contributed by atoms with Gasteiger partial charge in [-0.3, -0.25) is 4.72 Å². The van der Waals surface area contributed by atoms with Gasteiger partial charge in [0.2, 0.25) is 0 Å². The van der Waals surface area contributed by atoms with Crippen LogP contribution in [-0.4, -0.2) is 12.6 Å². The van der Waals surface area contributed by atoms with E-state index in [9.17, 15) is 0 Å². The highest BCUT2D eigenvalue weighted by atomic mass is 32.2. The molecule has 148 valence electrons. The largest absolute Gasteiger partial charge is 0.379 e. The van der Waals surface area contributed by atoms with Gasteiger partial charge in [0.1, 0.15) is 0 Å². The van der Waals surface area contributed by atoms with E-state index in [1.165, 1.54) is 47.5 Å². The van der Waals surface area contributed by atoms with Crippen LogP contribution in [0.1, 0.15) is 38.2 Å². The van der Waals surface area contributed by atoms with E-state index in [0.717, 1.165) is 24.9 Å². The van der Waals surface area contributed by atoms with Gasteiger partial charge >= 0.3 is 0 Å². The Labute approximate surface area is 173 Å². The van der Waals surface area contributed by atoms with Gasteiger partial charge in [0.25, 0.3) is 0 Å². The molecule has 0 spiro atoms. The average molecular weight is 394 g/mol. The van der Waals surface area contributed by atoms with Crippen LogP contribution in [0, 0.1) is 11.8 Å². The summed E-state index contributed by atoms with van der Waals surface area (Å²) in [7, 11) is 0. The molecule has 0 aromatic heterocycles. The summed E-state index contributed by atoms with van der Waals surface area (Å²) < 4.78 is 3.35. The summed E-state index contributed by atoms with van der Waals surface area (Å²) in [5, 5.41) is 7.52. The van der Waals surface area contributed by atoms with Crippen molar-refractivity contribution >= 4 is 23.3 Å². The van der Waals surface area contributed by atoms with Crippen LogP contribution in [0.5, 0.6) is 0 Å². The number of anilines is 2. The van der Waals surface area contributed by atoms with Crippen molar-refractivity contribution in [2.45, 2.75) is 50.1 Å². The first kappa shape index (κ1) is 19.4. The van der Waals surface area contributed by atoms with Gasteiger partial charge < -0.3 is 10.6 Å². The van der Waals surface area contributed by atoms with Gasteiger partial charge in [-0.15, -0.1) is 0 Å². The summed E-state index contributed by atoms with van der Waals surface area (Å²) in [6, 6.07) is 17.7. The molecule has 2 aromatic carbocycles. The van der Waals surface area contributed by atoms with Gasteiger partial charge in [0, 0.05) is 24.0 Å². The van der Waals surface area contributed by atoms with Crippen molar-refractivity contribution in [3.05, 3.63) is 66.2 Å². The minimum atomic E-state index is 0.442. The van der Waals surface area contributed by atoms with E-state index in [0.29, 0.717) is 6.04 Å². The summed E-state index contributed by atoms with van der Waals surface area (Å²) >= 11 is 1.69. The zero-order valence-electron chi connectivity index (χ0n) is 16.7. The predicted molar refractivity (Wildman–Crippen MR) is 122 cm³/mol. The van der Waals surface area contributed by atoms with Crippen LogP contribution in [0.2, 0.25) is 0 Å². The molecule has 0 amide bonds. The second-order valence-corrected chi connectivity index (χ2v) is 8.88. The van der Waals surface area contributed by atoms with Crippen LogP contribution in [0.3, 0.4) is 0 Å². The van der Waals surface area contributed by atoms with Crippen molar-refractivity contribution in [1.29, 1.82) is 0 Å². The number of allylic oxidation sites excluding steroid dienone is 1. The molecule has 1 fully saturated rings. The lowest BCUT2D eigenvalue weighted by Gasteiger charge is -2.24. The molecule has 0 aliphatic heterocycles. The molecule has 2 aromatic rings. The highest BCUT2D eigenvalue weighted by Crippen LogP contribution is 2.40.